The molecule has 0 aromatic heterocycles. The Kier molecular flexibility index (Phi) is 7.48. The van der Waals surface area contributed by atoms with Gasteiger partial charge in [-0.2, -0.15) is 18.6 Å². The van der Waals surface area contributed by atoms with Gasteiger partial charge in [0.1, 0.15) is 12.4 Å². The number of hydrogen-bond donors (Lipinski definition) is 4. The fraction of sp³-hybridized carbons (Fsp3) is 0.115. The first-order valence-corrected chi connectivity index (χ1v) is 12.6. The van der Waals surface area contributed by atoms with Gasteiger partial charge in [0.2, 0.25) is 0 Å². The number of azo groups is 1. The smallest absolute Gasteiger partial charge is 0.294 e. The molecule has 4 rings (SSSR count). The van der Waals surface area contributed by atoms with E-state index in [-0.39, 0.29) is 24.0 Å². The normalized spacial score (nSPS) is 11.6. The maximum absolute atomic E-state index is 12.7. The number of benzene rings is 4. The van der Waals surface area contributed by atoms with Crippen LogP contribution in [0.1, 0.15) is 15.9 Å². The van der Waals surface area contributed by atoms with Gasteiger partial charge in [0.15, 0.2) is 0 Å². The molecular formula is C26H24N4O6S. The molecule has 190 valence electrons. The molecule has 0 heterocycles. The molecule has 4 aromatic rings. The van der Waals surface area contributed by atoms with Crippen molar-refractivity contribution in [2.45, 2.75) is 11.8 Å². The summed E-state index contributed by atoms with van der Waals surface area (Å²) < 4.78 is 37.6. The van der Waals surface area contributed by atoms with Crippen molar-refractivity contribution in [2.24, 2.45) is 10.2 Å². The third-order valence-corrected chi connectivity index (χ3v) is 6.28. The molecule has 11 heteroatoms. The summed E-state index contributed by atoms with van der Waals surface area (Å²) in [4.78, 5) is 12.5. The van der Waals surface area contributed by atoms with Gasteiger partial charge in [0.05, 0.1) is 28.6 Å². The van der Waals surface area contributed by atoms with Crippen LogP contribution >= 0.6 is 0 Å². The molecule has 0 bridgehead atoms. The molecule has 0 spiro atoms. The zero-order chi connectivity index (χ0) is 26.6. The average molecular weight is 521 g/mol. The van der Waals surface area contributed by atoms with Gasteiger partial charge in [-0.1, -0.05) is 12.1 Å². The van der Waals surface area contributed by atoms with Gasteiger partial charge in [-0.3, -0.25) is 9.35 Å². The highest BCUT2D eigenvalue weighted by Gasteiger charge is 2.14. The van der Waals surface area contributed by atoms with Gasteiger partial charge in [-0.05, 0) is 77.9 Å². The van der Waals surface area contributed by atoms with Crippen LogP contribution in [0.2, 0.25) is 0 Å². The number of amides is 1. The standard InChI is InChI=1S/C26H24N4O6S/c1-16-12-24(28-26(32)17-2-6-20(27)7-3-17)25(36-11-10-31)15-23(16)30-29-21-8-4-19-14-22(37(33,34)35)9-5-18(19)13-21/h2-9,12-15,31H,10-11,27H2,1H3,(H,28,32)(H,33,34,35)/b30-29+. The van der Waals surface area contributed by atoms with Crippen LogP contribution in [0.4, 0.5) is 22.7 Å². The van der Waals surface area contributed by atoms with Crippen molar-refractivity contribution < 1.29 is 27.6 Å². The Labute approximate surface area is 213 Å². The van der Waals surface area contributed by atoms with Crippen LogP contribution in [0.3, 0.4) is 0 Å². The summed E-state index contributed by atoms with van der Waals surface area (Å²) in [6, 6.07) is 19.1. The van der Waals surface area contributed by atoms with E-state index in [1.807, 2.05) is 0 Å². The summed E-state index contributed by atoms with van der Waals surface area (Å²) in [6.45, 7) is 1.60. The Bertz CT molecular complexity index is 1600. The Morgan fingerprint density at radius 1 is 0.973 bits per heavy atom. The summed E-state index contributed by atoms with van der Waals surface area (Å²) in [7, 11) is -4.30. The van der Waals surface area contributed by atoms with Crippen LogP contribution in [0, 0.1) is 6.92 Å². The van der Waals surface area contributed by atoms with Gasteiger partial charge in [-0.25, -0.2) is 0 Å². The quantitative estimate of drug-likeness (QED) is 0.144. The van der Waals surface area contributed by atoms with Gasteiger partial charge in [-0.15, -0.1) is 0 Å². The van der Waals surface area contributed by atoms with E-state index in [1.165, 1.54) is 12.1 Å². The van der Waals surface area contributed by atoms with Crippen molar-refractivity contribution in [1.82, 2.24) is 0 Å². The predicted molar refractivity (Wildman–Crippen MR) is 141 cm³/mol. The summed E-state index contributed by atoms with van der Waals surface area (Å²) in [6.07, 6.45) is 0. The summed E-state index contributed by atoms with van der Waals surface area (Å²) in [5.74, 6) is -0.0374. The lowest BCUT2D eigenvalue weighted by molar-refractivity contribution is 0.102. The van der Waals surface area contributed by atoms with Crippen molar-refractivity contribution in [1.29, 1.82) is 0 Å². The number of nitrogens with two attached hydrogens (primary N) is 1. The number of rotatable bonds is 8. The molecule has 10 nitrogen and oxygen atoms in total. The first-order chi connectivity index (χ1) is 17.6. The van der Waals surface area contributed by atoms with E-state index in [4.69, 9.17) is 10.5 Å². The minimum absolute atomic E-state index is 0.0145. The van der Waals surface area contributed by atoms with Crippen molar-refractivity contribution >= 4 is 49.5 Å². The molecule has 0 aliphatic rings. The van der Waals surface area contributed by atoms with Crippen molar-refractivity contribution in [3.63, 3.8) is 0 Å². The lowest BCUT2D eigenvalue weighted by Crippen LogP contribution is -2.14. The number of carbonyl (C=O) groups excluding carboxylic acids is 1. The second-order valence-electron chi connectivity index (χ2n) is 8.15. The van der Waals surface area contributed by atoms with Crippen LogP contribution in [0.5, 0.6) is 5.75 Å². The first-order valence-electron chi connectivity index (χ1n) is 11.1. The van der Waals surface area contributed by atoms with E-state index >= 15 is 0 Å². The molecule has 5 N–H and O–H groups in total. The van der Waals surface area contributed by atoms with Crippen molar-refractivity contribution in [3.05, 3.63) is 83.9 Å². The highest BCUT2D eigenvalue weighted by Crippen LogP contribution is 2.35. The number of anilines is 2. The Hall–Kier alpha value is -4.32. The SMILES string of the molecule is Cc1cc(NC(=O)c2ccc(N)cc2)c(OCCO)cc1/N=N/c1ccc2cc(S(=O)(=O)O)ccc2c1. The molecule has 0 aliphatic heterocycles. The molecule has 0 saturated carbocycles. The van der Waals surface area contributed by atoms with E-state index in [2.05, 4.69) is 15.5 Å². The number of nitrogen functional groups attached to an aromatic ring is 1. The zero-order valence-corrected chi connectivity index (χ0v) is 20.6. The lowest BCUT2D eigenvalue weighted by atomic mass is 10.1. The maximum atomic E-state index is 12.7. The number of nitrogens with zero attached hydrogens (tertiary/aromatic N) is 2. The maximum Gasteiger partial charge on any atom is 0.294 e. The topological polar surface area (TPSA) is 164 Å². The Morgan fingerprint density at radius 3 is 2.38 bits per heavy atom. The minimum atomic E-state index is -4.30. The Balaban J connectivity index is 1.61. The third-order valence-electron chi connectivity index (χ3n) is 5.43. The average Bonchev–Trinajstić information content (AvgIpc) is 2.87. The number of hydrogen-bond acceptors (Lipinski definition) is 8. The summed E-state index contributed by atoms with van der Waals surface area (Å²) in [5, 5.41) is 22.0. The van der Waals surface area contributed by atoms with Crippen molar-refractivity contribution in [3.8, 4) is 5.75 Å². The second kappa shape index (κ2) is 10.7. The molecule has 0 radical (unpaired) electrons. The van der Waals surface area contributed by atoms with Crippen molar-refractivity contribution in [2.75, 3.05) is 24.3 Å². The number of fused-ring (bicyclic) bond motifs is 1. The molecule has 0 atom stereocenters. The number of aliphatic hydroxyl groups is 1. The van der Waals surface area contributed by atoms with Crippen LogP contribution < -0.4 is 15.8 Å². The Morgan fingerprint density at radius 2 is 1.68 bits per heavy atom. The number of aliphatic hydroxyl groups excluding tert-OH is 1. The zero-order valence-electron chi connectivity index (χ0n) is 19.7. The molecular weight excluding hydrogens is 496 g/mol. The van der Waals surface area contributed by atoms with Crippen LogP contribution in [0.15, 0.2) is 87.9 Å². The predicted octanol–water partition coefficient (Wildman–Crippen LogP) is 5.02. The van der Waals surface area contributed by atoms with Crippen LogP contribution in [-0.4, -0.2) is 37.2 Å². The lowest BCUT2D eigenvalue weighted by Gasteiger charge is -2.14. The largest absolute Gasteiger partial charge is 0.489 e. The van der Waals surface area contributed by atoms with Gasteiger partial charge < -0.3 is 20.9 Å². The highest BCUT2D eigenvalue weighted by molar-refractivity contribution is 7.85. The molecule has 0 unspecified atom stereocenters. The molecule has 0 aliphatic carbocycles. The van der Waals surface area contributed by atoms with Gasteiger partial charge in [0.25, 0.3) is 16.0 Å². The summed E-state index contributed by atoms with van der Waals surface area (Å²) in [5.41, 5.74) is 8.78. The molecule has 1 amide bonds. The highest BCUT2D eigenvalue weighted by atomic mass is 32.2. The minimum Gasteiger partial charge on any atom is -0.489 e. The van der Waals surface area contributed by atoms with E-state index in [0.717, 1.165) is 0 Å². The van der Waals surface area contributed by atoms with E-state index in [0.29, 0.717) is 50.4 Å². The van der Waals surface area contributed by atoms with E-state index in [9.17, 15) is 22.9 Å². The number of carbonyl (C=O) groups is 1. The summed E-state index contributed by atoms with van der Waals surface area (Å²) >= 11 is 0. The van der Waals surface area contributed by atoms with E-state index < -0.39 is 10.1 Å². The fourth-order valence-corrected chi connectivity index (χ4v) is 4.05. The van der Waals surface area contributed by atoms with Gasteiger partial charge in [0, 0.05) is 17.3 Å². The molecule has 0 saturated heterocycles. The first kappa shape index (κ1) is 25.8. The van der Waals surface area contributed by atoms with Crippen LogP contribution in [-0.2, 0) is 10.1 Å². The number of aryl methyl sites for hydroxylation is 1. The molecule has 0 fully saturated rings. The van der Waals surface area contributed by atoms with E-state index in [1.54, 1.807) is 67.6 Å². The monoisotopic (exact) mass is 520 g/mol. The number of ether oxygens (including phenoxy) is 1. The molecule has 37 heavy (non-hydrogen) atoms. The number of nitrogens with one attached hydrogen (secondary N) is 1. The third kappa shape index (κ3) is 6.28. The van der Waals surface area contributed by atoms with Crippen LogP contribution in [0.25, 0.3) is 10.8 Å². The second-order valence-corrected chi connectivity index (χ2v) is 9.57. The molecule has 4 aromatic carbocycles. The van der Waals surface area contributed by atoms with Gasteiger partial charge >= 0.3 is 0 Å². The fourth-order valence-electron chi connectivity index (χ4n) is 3.53.